The molecule has 0 fully saturated rings. The number of hydrogen-bond donors (Lipinski definition) is 1. The number of benzene rings is 1. The van der Waals surface area contributed by atoms with Crippen LogP contribution in [0.2, 0.25) is 5.02 Å². The molecule has 0 aliphatic rings. The van der Waals surface area contributed by atoms with Gasteiger partial charge in [0.05, 0.1) is 23.0 Å². The van der Waals surface area contributed by atoms with Crippen LogP contribution in [0.5, 0.6) is 0 Å². The molecule has 0 spiro atoms. The second kappa shape index (κ2) is 6.10. The Morgan fingerprint density at radius 3 is 2.67 bits per heavy atom. The molecule has 3 nitrogen and oxygen atoms in total. The molecule has 1 aromatic heterocycles. The van der Waals surface area contributed by atoms with Crippen molar-refractivity contribution in [2.45, 2.75) is 10.9 Å². The minimum absolute atomic E-state index is 0.126. The Morgan fingerprint density at radius 2 is 2.11 bits per heavy atom. The summed E-state index contributed by atoms with van der Waals surface area (Å²) in [6, 6.07) is 8.03. The molecule has 2 N–H and O–H groups in total. The van der Waals surface area contributed by atoms with Crippen molar-refractivity contribution in [1.29, 1.82) is 0 Å². The quantitative estimate of drug-likeness (QED) is 0.860. The van der Waals surface area contributed by atoms with E-state index in [1.54, 1.807) is 22.6 Å². The van der Waals surface area contributed by atoms with Crippen molar-refractivity contribution in [3.8, 4) is 0 Å². The van der Waals surface area contributed by atoms with Crippen LogP contribution in [0.15, 0.2) is 39.8 Å². The van der Waals surface area contributed by atoms with Gasteiger partial charge in [-0.15, -0.1) is 11.8 Å². The van der Waals surface area contributed by atoms with E-state index in [1.165, 1.54) is 4.90 Å². The smallest absolute Gasteiger partial charge is 0.0834 e. The van der Waals surface area contributed by atoms with Gasteiger partial charge in [0.1, 0.15) is 0 Å². The highest BCUT2D eigenvalue weighted by Crippen LogP contribution is 2.27. The highest BCUT2D eigenvalue weighted by molar-refractivity contribution is 9.10. The first-order valence-electron chi connectivity index (χ1n) is 5.39. The molecule has 6 heteroatoms. The molecular weight excluding hydrogens is 334 g/mol. The summed E-state index contributed by atoms with van der Waals surface area (Å²) >= 11 is 11.2. The SMILES string of the molecule is Cn1ncc(Cl)c1C(N)CSc1ccc(Br)cc1. The van der Waals surface area contributed by atoms with Crippen LogP contribution >= 0.6 is 39.3 Å². The summed E-state index contributed by atoms with van der Waals surface area (Å²) in [6.07, 6.45) is 1.63. The summed E-state index contributed by atoms with van der Waals surface area (Å²) in [4.78, 5) is 1.19. The molecular formula is C12H13BrClN3S. The number of aromatic nitrogens is 2. The van der Waals surface area contributed by atoms with Gasteiger partial charge in [0.25, 0.3) is 0 Å². The first kappa shape index (κ1) is 13.9. The van der Waals surface area contributed by atoms with Gasteiger partial charge >= 0.3 is 0 Å². The van der Waals surface area contributed by atoms with Crippen LogP contribution in [0.4, 0.5) is 0 Å². The predicted molar refractivity (Wildman–Crippen MR) is 80.0 cm³/mol. The van der Waals surface area contributed by atoms with E-state index < -0.39 is 0 Å². The van der Waals surface area contributed by atoms with Gasteiger partial charge in [-0.05, 0) is 24.3 Å². The van der Waals surface area contributed by atoms with Gasteiger partial charge in [-0.3, -0.25) is 4.68 Å². The van der Waals surface area contributed by atoms with Gasteiger partial charge in [-0.2, -0.15) is 5.10 Å². The summed E-state index contributed by atoms with van der Waals surface area (Å²) < 4.78 is 2.81. The lowest BCUT2D eigenvalue weighted by molar-refractivity contribution is 0.659. The highest BCUT2D eigenvalue weighted by Gasteiger charge is 2.15. The summed E-state index contributed by atoms with van der Waals surface area (Å²) in [7, 11) is 1.85. The number of hydrogen-bond acceptors (Lipinski definition) is 3. The van der Waals surface area contributed by atoms with Crippen LogP contribution < -0.4 is 5.73 Å². The van der Waals surface area contributed by atoms with Crippen LogP contribution in [0.3, 0.4) is 0 Å². The average Bonchev–Trinajstić information content (AvgIpc) is 2.68. The average molecular weight is 347 g/mol. The molecule has 1 unspecified atom stereocenters. The molecule has 0 saturated heterocycles. The highest BCUT2D eigenvalue weighted by atomic mass is 79.9. The fraction of sp³-hybridized carbons (Fsp3) is 0.250. The van der Waals surface area contributed by atoms with Crippen molar-refractivity contribution in [2.75, 3.05) is 5.75 Å². The number of halogens is 2. The third-order valence-electron chi connectivity index (χ3n) is 2.53. The zero-order valence-electron chi connectivity index (χ0n) is 9.81. The maximum Gasteiger partial charge on any atom is 0.0834 e. The number of rotatable bonds is 4. The van der Waals surface area contributed by atoms with Crippen molar-refractivity contribution in [1.82, 2.24) is 9.78 Å². The second-order valence-electron chi connectivity index (χ2n) is 3.87. The maximum absolute atomic E-state index is 6.14. The molecule has 0 bridgehead atoms. The van der Waals surface area contributed by atoms with Gasteiger partial charge in [-0.25, -0.2) is 0 Å². The molecule has 0 radical (unpaired) electrons. The molecule has 18 heavy (non-hydrogen) atoms. The lowest BCUT2D eigenvalue weighted by Gasteiger charge is -2.12. The first-order chi connectivity index (χ1) is 8.58. The Morgan fingerprint density at radius 1 is 1.44 bits per heavy atom. The van der Waals surface area contributed by atoms with Crippen molar-refractivity contribution < 1.29 is 0 Å². The molecule has 1 atom stereocenters. The van der Waals surface area contributed by atoms with Crippen LogP contribution in [0, 0.1) is 0 Å². The molecule has 2 aromatic rings. The number of thioether (sulfide) groups is 1. The molecule has 0 amide bonds. The predicted octanol–water partition coefficient (Wildman–Crippen LogP) is 3.63. The van der Waals surface area contributed by atoms with Gasteiger partial charge in [0.2, 0.25) is 0 Å². The Kier molecular flexibility index (Phi) is 4.72. The van der Waals surface area contributed by atoms with Gasteiger partial charge < -0.3 is 5.73 Å². The number of nitrogens with zero attached hydrogens (tertiary/aromatic N) is 2. The van der Waals surface area contributed by atoms with Crippen LogP contribution in [0.1, 0.15) is 11.7 Å². The minimum atomic E-state index is -0.126. The van der Waals surface area contributed by atoms with Crippen molar-refractivity contribution in [2.24, 2.45) is 12.8 Å². The van der Waals surface area contributed by atoms with Gasteiger partial charge in [0, 0.05) is 22.2 Å². The van der Waals surface area contributed by atoms with Crippen molar-refractivity contribution >= 4 is 39.3 Å². The van der Waals surface area contributed by atoms with Crippen LogP contribution in [-0.2, 0) is 7.05 Å². The fourth-order valence-electron chi connectivity index (χ4n) is 1.63. The monoisotopic (exact) mass is 345 g/mol. The number of aryl methyl sites for hydroxylation is 1. The molecule has 2 rings (SSSR count). The summed E-state index contributed by atoms with van der Waals surface area (Å²) in [6.45, 7) is 0. The number of nitrogens with two attached hydrogens (primary N) is 1. The summed E-state index contributed by atoms with van der Waals surface area (Å²) in [5.74, 6) is 0.765. The maximum atomic E-state index is 6.14. The van der Waals surface area contributed by atoms with E-state index in [0.29, 0.717) is 5.02 Å². The van der Waals surface area contributed by atoms with E-state index >= 15 is 0 Å². The van der Waals surface area contributed by atoms with Crippen molar-refractivity contribution in [3.05, 3.63) is 45.7 Å². The van der Waals surface area contributed by atoms with Crippen LogP contribution in [-0.4, -0.2) is 15.5 Å². The van der Waals surface area contributed by atoms with Gasteiger partial charge in [0.15, 0.2) is 0 Å². The first-order valence-corrected chi connectivity index (χ1v) is 7.55. The minimum Gasteiger partial charge on any atom is -0.322 e. The largest absolute Gasteiger partial charge is 0.322 e. The molecule has 0 aliphatic carbocycles. The molecule has 0 saturated carbocycles. The Labute approximate surface area is 124 Å². The standard InChI is InChI=1S/C12H13BrClN3S/c1-17-12(10(14)6-16-17)11(15)7-18-9-4-2-8(13)3-5-9/h2-6,11H,7,15H2,1H3. The van der Waals surface area contributed by atoms with E-state index in [-0.39, 0.29) is 6.04 Å². The lowest BCUT2D eigenvalue weighted by Crippen LogP contribution is -2.17. The van der Waals surface area contributed by atoms with E-state index in [0.717, 1.165) is 15.9 Å². The molecule has 0 aliphatic heterocycles. The topological polar surface area (TPSA) is 43.8 Å². The Bertz CT molecular complexity index is 507. The molecule has 96 valence electrons. The zero-order chi connectivity index (χ0) is 13.1. The van der Waals surface area contributed by atoms with Crippen LogP contribution in [0.25, 0.3) is 0 Å². The zero-order valence-corrected chi connectivity index (χ0v) is 13.0. The van der Waals surface area contributed by atoms with Gasteiger partial charge in [-0.1, -0.05) is 27.5 Å². The summed E-state index contributed by atoms with van der Waals surface area (Å²) in [5.41, 5.74) is 7.02. The third-order valence-corrected chi connectivity index (χ3v) is 4.48. The Hall–Kier alpha value is -0.490. The van der Waals surface area contributed by atoms with E-state index in [4.69, 9.17) is 17.3 Å². The van der Waals surface area contributed by atoms with Crippen molar-refractivity contribution in [3.63, 3.8) is 0 Å². The Balaban J connectivity index is 2.00. The fourth-order valence-corrected chi connectivity index (χ4v) is 3.06. The normalized spacial score (nSPS) is 12.7. The summed E-state index contributed by atoms with van der Waals surface area (Å²) in [5, 5.41) is 4.72. The van der Waals surface area contributed by atoms with E-state index in [9.17, 15) is 0 Å². The van der Waals surface area contributed by atoms with E-state index in [1.807, 2.05) is 19.2 Å². The lowest BCUT2D eigenvalue weighted by atomic mass is 10.2. The second-order valence-corrected chi connectivity index (χ2v) is 6.29. The molecule has 1 heterocycles. The van der Waals surface area contributed by atoms with E-state index in [2.05, 4.69) is 33.2 Å². The third kappa shape index (κ3) is 3.29. The molecule has 1 aromatic carbocycles.